The number of nitriles is 1. The number of halogens is 1. The van der Waals surface area contributed by atoms with Gasteiger partial charge in [0.25, 0.3) is 0 Å². The van der Waals surface area contributed by atoms with Crippen LogP contribution in [0.3, 0.4) is 0 Å². The Kier molecular flexibility index (Phi) is 4.76. The molecule has 0 spiro atoms. The predicted molar refractivity (Wildman–Crippen MR) is 51.5 cm³/mol. The molecular formula is C8H8ClNS. The van der Waals surface area contributed by atoms with Gasteiger partial charge in [0.05, 0.1) is 21.9 Å². The van der Waals surface area contributed by atoms with E-state index in [0.29, 0.717) is 9.90 Å². The van der Waals surface area contributed by atoms with Crippen molar-refractivity contribution >= 4 is 28.7 Å². The van der Waals surface area contributed by atoms with Crippen LogP contribution in [0, 0.1) is 17.2 Å². The minimum absolute atomic E-state index is 0.208. The quantitative estimate of drug-likeness (QED) is 0.499. The summed E-state index contributed by atoms with van der Waals surface area (Å²) in [5.74, 6) is -0.208. The fraction of sp³-hybridized carbons (Fsp3) is 0.250. The van der Waals surface area contributed by atoms with Gasteiger partial charge < -0.3 is 0 Å². The maximum Gasteiger partial charge on any atom is 0.0695 e. The van der Waals surface area contributed by atoms with Crippen LogP contribution >= 0.6 is 23.8 Å². The van der Waals surface area contributed by atoms with Crippen LogP contribution in [0.1, 0.15) is 6.92 Å². The number of rotatable bonds is 3. The Balaban J connectivity index is 4.35. The lowest BCUT2D eigenvalue weighted by Crippen LogP contribution is -1.91. The van der Waals surface area contributed by atoms with E-state index in [1.807, 2.05) is 6.07 Å². The molecule has 11 heavy (non-hydrogen) atoms. The van der Waals surface area contributed by atoms with Gasteiger partial charge in [-0.15, -0.1) is 0 Å². The Morgan fingerprint density at radius 2 is 2.36 bits per heavy atom. The first-order valence-electron chi connectivity index (χ1n) is 3.05. The van der Waals surface area contributed by atoms with Crippen LogP contribution < -0.4 is 0 Å². The highest BCUT2D eigenvalue weighted by Gasteiger charge is 1.99. The maximum atomic E-state index is 8.42. The first-order valence-corrected chi connectivity index (χ1v) is 3.84. The highest BCUT2D eigenvalue weighted by atomic mass is 35.5. The molecule has 3 heteroatoms. The second-order valence-corrected chi connectivity index (χ2v) is 2.85. The fourth-order valence-electron chi connectivity index (χ4n) is 0.436. The zero-order valence-corrected chi connectivity index (χ0v) is 7.75. The molecule has 0 aromatic rings. The first kappa shape index (κ1) is 10.3. The third kappa shape index (κ3) is 3.92. The highest BCUT2D eigenvalue weighted by Crippen LogP contribution is 2.09. The van der Waals surface area contributed by atoms with Crippen molar-refractivity contribution < 1.29 is 0 Å². The summed E-state index contributed by atoms with van der Waals surface area (Å²) in [6.07, 6.45) is 3.09. The molecular weight excluding hydrogens is 178 g/mol. The van der Waals surface area contributed by atoms with Gasteiger partial charge in [-0.2, -0.15) is 5.26 Å². The van der Waals surface area contributed by atoms with E-state index in [-0.39, 0.29) is 5.92 Å². The lowest BCUT2D eigenvalue weighted by molar-refractivity contribution is 0.956. The van der Waals surface area contributed by atoms with Crippen molar-refractivity contribution in [2.24, 2.45) is 5.92 Å². The molecule has 58 valence electrons. The minimum Gasteiger partial charge on any atom is -0.198 e. The lowest BCUT2D eigenvalue weighted by Gasteiger charge is -1.95. The van der Waals surface area contributed by atoms with Crippen LogP contribution in [-0.2, 0) is 0 Å². The summed E-state index contributed by atoms with van der Waals surface area (Å²) in [4.78, 5) is 0.480. The van der Waals surface area contributed by atoms with Gasteiger partial charge in [0.1, 0.15) is 0 Å². The van der Waals surface area contributed by atoms with E-state index < -0.39 is 0 Å². The Hall–Kier alpha value is -0.650. The molecule has 0 amide bonds. The van der Waals surface area contributed by atoms with E-state index in [4.69, 9.17) is 29.1 Å². The summed E-state index contributed by atoms with van der Waals surface area (Å²) in [7, 11) is 0. The monoisotopic (exact) mass is 185 g/mol. The van der Waals surface area contributed by atoms with Gasteiger partial charge in [-0.05, 0) is 19.1 Å². The second-order valence-electron chi connectivity index (χ2n) is 2.00. The first-order chi connectivity index (χ1) is 5.11. The molecule has 0 aliphatic carbocycles. The van der Waals surface area contributed by atoms with Crippen molar-refractivity contribution in [1.82, 2.24) is 0 Å². The average molecular weight is 186 g/mol. The molecule has 1 unspecified atom stereocenters. The van der Waals surface area contributed by atoms with Gasteiger partial charge in [0.2, 0.25) is 0 Å². The molecule has 0 radical (unpaired) electrons. The van der Waals surface area contributed by atoms with Gasteiger partial charge in [-0.3, -0.25) is 0 Å². The Morgan fingerprint density at radius 3 is 2.73 bits per heavy atom. The third-order valence-electron chi connectivity index (χ3n) is 1.02. The van der Waals surface area contributed by atoms with Crippen LogP contribution in [0.4, 0.5) is 0 Å². The van der Waals surface area contributed by atoms with Crippen molar-refractivity contribution in [3.05, 3.63) is 23.8 Å². The molecule has 0 N–H and O–H groups in total. The standard InChI is InChI=1S/C8H8ClNS/c1-3-8(11)7(9)4-6(2)5-10/h3-4,6H,1H2,2H3. The zero-order chi connectivity index (χ0) is 8.85. The smallest absolute Gasteiger partial charge is 0.0695 e. The fourth-order valence-corrected chi connectivity index (χ4v) is 0.771. The SMILES string of the molecule is C=CC(=S)C(Cl)=CC(C)C#N. The van der Waals surface area contributed by atoms with E-state index >= 15 is 0 Å². The van der Waals surface area contributed by atoms with E-state index in [1.54, 1.807) is 13.0 Å². The van der Waals surface area contributed by atoms with Gasteiger partial charge in [-0.1, -0.05) is 30.4 Å². The topological polar surface area (TPSA) is 23.8 Å². The molecule has 0 aromatic carbocycles. The zero-order valence-electron chi connectivity index (χ0n) is 6.17. The molecule has 1 atom stereocenters. The Labute approximate surface area is 77.0 Å². The van der Waals surface area contributed by atoms with Crippen molar-refractivity contribution in [3.63, 3.8) is 0 Å². The van der Waals surface area contributed by atoms with E-state index in [2.05, 4.69) is 6.58 Å². The Bertz CT molecular complexity index is 237. The van der Waals surface area contributed by atoms with Crippen LogP contribution in [0.15, 0.2) is 23.8 Å². The average Bonchev–Trinajstić information content (AvgIpc) is 2.02. The molecule has 0 aliphatic rings. The summed E-state index contributed by atoms with van der Waals surface area (Å²) < 4.78 is 0. The van der Waals surface area contributed by atoms with Crippen molar-refractivity contribution in [2.75, 3.05) is 0 Å². The molecule has 0 saturated heterocycles. The molecule has 0 aromatic heterocycles. The summed E-state index contributed by atoms with van der Waals surface area (Å²) >= 11 is 10.5. The number of hydrogen-bond acceptors (Lipinski definition) is 2. The maximum absolute atomic E-state index is 8.42. The van der Waals surface area contributed by atoms with E-state index in [0.717, 1.165) is 0 Å². The lowest BCUT2D eigenvalue weighted by atomic mass is 10.2. The van der Waals surface area contributed by atoms with Gasteiger partial charge in [0.15, 0.2) is 0 Å². The van der Waals surface area contributed by atoms with Gasteiger partial charge >= 0.3 is 0 Å². The van der Waals surface area contributed by atoms with Crippen LogP contribution in [0.25, 0.3) is 0 Å². The number of nitrogens with zero attached hydrogens (tertiary/aromatic N) is 1. The number of hydrogen-bond donors (Lipinski definition) is 0. The summed E-state index contributed by atoms with van der Waals surface area (Å²) in [6.45, 7) is 5.21. The summed E-state index contributed by atoms with van der Waals surface area (Å²) in [5.41, 5.74) is 0. The van der Waals surface area contributed by atoms with Crippen LogP contribution in [-0.4, -0.2) is 4.86 Å². The molecule has 0 aliphatic heterocycles. The molecule has 0 fully saturated rings. The minimum atomic E-state index is -0.208. The molecule has 0 saturated carbocycles. The van der Waals surface area contributed by atoms with Crippen LogP contribution in [0.5, 0.6) is 0 Å². The van der Waals surface area contributed by atoms with Crippen molar-refractivity contribution in [2.45, 2.75) is 6.92 Å². The number of thiocarbonyl (C=S) groups is 1. The van der Waals surface area contributed by atoms with Crippen molar-refractivity contribution in [1.29, 1.82) is 5.26 Å². The normalized spacial score (nSPS) is 13.4. The Morgan fingerprint density at radius 1 is 1.82 bits per heavy atom. The molecule has 0 bridgehead atoms. The summed E-state index contributed by atoms with van der Waals surface area (Å²) in [5, 5.41) is 8.84. The largest absolute Gasteiger partial charge is 0.198 e. The van der Waals surface area contributed by atoms with Gasteiger partial charge in [-0.25, -0.2) is 0 Å². The molecule has 0 heterocycles. The third-order valence-corrected chi connectivity index (χ3v) is 1.85. The summed E-state index contributed by atoms with van der Waals surface area (Å²) in [6, 6.07) is 2.02. The van der Waals surface area contributed by atoms with Gasteiger partial charge in [0, 0.05) is 0 Å². The van der Waals surface area contributed by atoms with E-state index in [1.165, 1.54) is 6.08 Å². The number of allylic oxidation sites excluding steroid dienone is 3. The molecule has 0 rings (SSSR count). The van der Waals surface area contributed by atoms with E-state index in [9.17, 15) is 0 Å². The second kappa shape index (κ2) is 5.06. The molecule has 1 nitrogen and oxygen atoms in total. The van der Waals surface area contributed by atoms with Crippen molar-refractivity contribution in [3.8, 4) is 6.07 Å². The van der Waals surface area contributed by atoms with Crippen LogP contribution in [0.2, 0.25) is 0 Å². The highest BCUT2D eigenvalue weighted by molar-refractivity contribution is 7.81. The predicted octanol–water partition coefficient (Wildman–Crippen LogP) is 2.82.